The Morgan fingerprint density at radius 2 is 1.88 bits per heavy atom. The van der Waals surface area contributed by atoms with E-state index in [0.29, 0.717) is 17.9 Å². The summed E-state index contributed by atoms with van der Waals surface area (Å²) in [7, 11) is -3.44. The molecule has 0 spiro atoms. The molecule has 226 valence electrons. The molecule has 1 saturated heterocycles. The average Bonchev–Trinajstić information content (AvgIpc) is 3.23. The highest BCUT2D eigenvalue weighted by molar-refractivity contribution is 8.25. The molecule has 9 nitrogen and oxygen atoms in total. The molecular formula is C25H27F6N3O6S. The van der Waals surface area contributed by atoms with Crippen molar-refractivity contribution in [2.75, 3.05) is 37.2 Å². The number of nitrogens with zero attached hydrogens (tertiary/aromatic N) is 2. The number of benzene rings is 2. The molecule has 0 saturated carbocycles. The summed E-state index contributed by atoms with van der Waals surface area (Å²) >= 11 is 0. The van der Waals surface area contributed by atoms with Crippen LogP contribution in [0.15, 0.2) is 47.4 Å². The Morgan fingerprint density at radius 3 is 2.51 bits per heavy atom. The fraction of sp³-hybridized carbons (Fsp3) is 0.440. The van der Waals surface area contributed by atoms with Gasteiger partial charge in [0.05, 0.1) is 29.1 Å². The summed E-state index contributed by atoms with van der Waals surface area (Å²) in [5.41, 5.74) is 0.119. The smallest absolute Gasteiger partial charge is 0.406 e. The highest BCUT2D eigenvalue weighted by Gasteiger charge is 2.39. The van der Waals surface area contributed by atoms with Gasteiger partial charge in [0, 0.05) is 19.6 Å². The van der Waals surface area contributed by atoms with Gasteiger partial charge in [-0.05, 0) is 41.8 Å². The monoisotopic (exact) mass is 611 g/mol. The first-order valence-electron chi connectivity index (χ1n) is 12.3. The predicted molar refractivity (Wildman–Crippen MR) is 135 cm³/mol. The number of anilines is 1. The molecule has 4 rings (SSSR count). The third-order valence-corrected chi connectivity index (χ3v) is 8.28. The first-order chi connectivity index (χ1) is 19.0. The summed E-state index contributed by atoms with van der Waals surface area (Å²) in [5.74, 6) is -2.94. The number of carbonyl (C=O) groups excluding carboxylic acids is 2. The van der Waals surface area contributed by atoms with Crippen LogP contribution in [-0.4, -0.2) is 86.4 Å². The Labute approximate surface area is 232 Å². The van der Waals surface area contributed by atoms with E-state index in [0.717, 1.165) is 12.1 Å². The van der Waals surface area contributed by atoms with E-state index in [4.69, 9.17) is 0 Å². The summed E-state index contributed by atoms with van der Waals surface area (Å²) in [6.45, 7) is -1.55. The average molecular weight is 612 g/mol. The normalized spacial score (nSPS) is 20.6. The number of aliphatic hydroxyl groups is 1. The molecule has 2 aliphatic heterocycles. The van der Waals surface area contributed by atoms with Crippen LogP contribution in [0.1, 0.15) is 23.6 Å². The Bertz CT molecular complexity index is 1290. The van der Waals surface area contributed by atoms with Crippen molar-refractivity contribution in [3.63, 3.8) is 0 Å². The zero-order valence-corrected chi connectivity index (χ0v) is 22.1. The van der Waals surface area contributed by atoms with Gasteiger partial charge in [-0.15, -0.1) is 13.2 Å². The number of hydrogen-bond acceptors (Lipinski definition) is 7. The van der Waals surface area contributed by atoms with Gasteiger partial charge >= 0.3 is 12.5 Å². The van der Waals surface area contributed by atoms with Crippen LogP contribution in [0.25, 0.3) is 0 Å². The van der Waals surface area contributed by atoms with Gasteiger partial charge in [0.15, 0.2) is 0 Å². The van der Waals surface area contributed by atoms with Crippen LogP contribution < -0.4 is 10.1 Å². The van der Waals surface area contributed by atoms with Gasteiger partial charge in [0.1, 0.15) is 18.0 Å². The number of hydrogen-bond donors (Lipinski definition) is 4. The maximum Gasteiger partial charge on any atom is 0.573 e. The third kappa shape index (κ3) is 8.25. The van der Waals surface area contributed by atoms with Crippen molar-refractivity contribution in [2.24, 2.45) is 0 Å². The van der Waals surface area contributed by atoms with Gasteiger partial charge in [-0.25, -0.2) is 0 Å². The Balaban J connectivity index is 1.69. The number of β-amino-alcohol motifs (C(OH)–C–C–N with tert-alkyl or cyclic N) is 1. The molecule has 16 heteroatoms. The van der Waals surface area contributed by atoms with E-state index in [-0.39, 0.29) is 34.8 Å². The first kappa shape index (κ1) is 30.9. The van der Waals surface area contributed by atoms with Crippen LogP contribution in [0, 0.1) is 0 Å². The molecule has 4 N–H and O–H groups in total. The van der Waals surface area contributed by atoms with E-state index in [9.17, 15) is 50.1 Å². The number of likely N-dealkylation sites (tertiary alicyclic amines) is 1. The van der Waals surface area contributed by atoms with E-state index in [1.165, 1.54) is 30.3 Å². The number of ether oxygens (including phenoxy) is 1. The molecule has 0 aliphatic carbocycles. The second-order valence-electron chi connectivity index (χ2n) is 9.84. The summed E-state index contributed by atoms with van der Waals surface area (Å²) in [5, 5.41) is 12.4. The molecule has 0 radical (unpaired) electrons. The predicted octanol–water partition coefficient (Wildman–Crippen LogP) is 4.39. The lowest BCUT2D eigenvalue weighted by Gasteiger charge is -2.37. The number of alkyl halides is 6. The first-order valence-corrected chi connectivity index (χ1v) is 14.0. The number of amides is 2. The van der Waals surface area contributed by atoms with Crippen LogP contribution in [-0.2, 0) is 16.0 Å². The van der Waals surface area contributed by atoms with Gasteiger partial charge in [0.2, 0.25) is 11.8 Å². The molecule has 0 bridgehead atoms. The second kappa shape index (κ2) is 11.7. The van der Waals surface area contributed by atoms with Gasteiger partial charge in [-0.2, -0.15) is 23.8 Å². The van der Waals surface area contributed by atoms with Crippen molar-refractivity contribution in [3.05, 3.63) is 53.6 Å². The zero-order chi connectivity index (χ0) is 30.2. The number of nitrogens with one attached hydrogen (secondary N) is 1. The minimum Gasteiger partial charge on any atom is -0.406 e. The Kier molecular flexibility index (Phi) is 8.80. The molecule has 1 unspecified atom stereocenters. The number of aliphatic hydroxyl groups excluding tert-OH is 1. The van der Waals surface area contributed by atoms with Crippen LogP contribution in [0.3, 0.4) is 0 Å². The largest absolute Gasteiger partial charge is 0.573 e. The van der Waals surface area contributed by atoms with Gasteiger partial charge < -0.3 is 20.1 Å². The van der Waals surface area contributed by atoms with E-state index in [1.807, 2.05) is 0 Å². The lowest BCUT2D eigenvalue weighted by Crippen LogP contribution is -2.46. The summed E-state index contributed by atoms with van der Waals surface area (Å²) in [6, 6.07) is 6.82. The summed E-state index contributed by atoms with van der Waals surface area (Å²) in [4.78, 5) is 27.5. The standard InChI is InChI=1S/C25H27F6N3O6S/c26-24(27,28)14-34(23(37)9-15-4-5-21-19(8-15)32-22(36)13-41(21,38)39)20(12-33-7-6-17(35)11-33)16-2-1-3-18(10-16)40-25(29,30)31/h1-5,8,10,17,20,35,38-39H,6-7,9,11-14H2,(H,32,36)/t17?,20-/m1/s1. The second-order valence-corrected chi connectivity index (χ2v) is 11.9. The Morgan fingerprint density at radius 1 is 1.15 bits per heavy atom. The molecule has 2 aromatic carbocycles. The minimum atomic E-state index is -5.06. The molecular weight excluding hydrogens is 584 g/mol. The van der Waals surface area contributed by atoms with Gasteiger partial charge in [0.25, 0.3) is 0 Å². The van der Waals surface area contributed by atoms with E-state index in [1.54, 1.807) is 4.90 Å². The van der Waals surface area contributed by atoms with Crippen molar-refractivity contribution in [1.82, 2.24) is 9.80 Å². The van der Waals surface area contributed by atoms with Crippen molar-refractivity contribution in [3.8, 4) is 5.75 Å². The third-order valence-electron chi connectivity index (χ3n) is 6.56. The van der Waals surface area contributed by atoms with Crippen LogP contribution >= 0.6 is 10.6 Å². The Hall–Kier alpha value is -3.05. The topological polar surface area (TPSA) is 123 Å². The highest BCUT2D eigenvalue weighted by atomic mass is 32.3. The van der Waals surface area contributed by atoms with E-state index in [2.05, 4.69) is 10.1 Å². The molecule has 2 aliphatic rings. The summed E-state index contributed by atoms with van der Waals surface area (Å²) < 4.78 is 104. The van der Waals surface area contributed by atoms with Crippen LogP contribution in [0.4, 0.5) is 32.0 Å². The fourth-order valence-electron chi connectivity index (χ4n) is 4.88. The van der Waals surface area contributed by atoms with Gasteiger partial charge in [-0.1, -0.05) is 18.2 Å². The summed E-state index contributed by atoms with van der Waals surface area (Å²) in [6.07, 6.45) is -11.0. The highest BCUT2D eigenvalue weighted by Crippen LogP contribution is 2.53. The number of rotatable bonds is 8. The number of carbonyl (C=O) groups is 2. The van der Waals surface area contributed by atoms with Crippen molar-refractivity contribution in [1.29, 1.82) is 0 Å². The molecule has 0 aromatic heterocycles. The molecule has 2 atom stereocenters. The minimum absolute atomic E-state index is 0.00789. The van der Waals surface area contributed by atoms with Crippen LogP contribution in [0.5, 0.6) is 5.75 Å². The molecule has 41 heavy (non-hydrogen) atoms. The van der Waals surface area contributed by atoms with Gasteiger partial charge in [-0.3, -0.25) is 23.6 Å². The fourth-order valence-corrected chi connectivity index (χ4v) is 6.23. The van der Waals surface area contributed by atoms with Crippen molar-refractivity contribution in [2.45, 2.75) is 42.4 Å². The molecule has 2 amide bonds. The molecule has 2 aromatic rings. The lowest BCUT2D eigenvalue weighted by molar-refractivity contribution is -0.274. The maximum absolute atomic E-state index is 13.8. The van der Waals surface area contributed by atoms with Crippen molar-refractivity contribution >= 4 is 28.1 Å². The van der Waals surface area contributed by atoms with Crippen LogP contribution in [0.2, 0.25) is 0 Å². The molecule has 2 heterocycles. The van der Waals surface area contributed by atoms with E-state index < -0.39 is 71.6 Å². The lowest BCUT2D eigenvalue weighted by atomic mass is 10.0. The molecule has 1 fully saturated rings. The van der Waals surface area contributed by atoms with Crippen molar-refractivity contribution < 1.29 is 54.9 Å². The SMILES string of the molecule is O=C1CS(O)(O)c2ccc(CC(=O)N(CC(F)(F)F)[C@H](CN3CCC(O)C3)c3cccc(OC(F)(F)F)c3)cc2N1. The zero-order valence-electron chi connectivity index (χ0n) is 21.3. The number of fused-ring (bicyclic) bond motifs is 1. The quantitative estimate of drug-likeness (QED) is 0.327. The maximum atomic E-state index is 13.8. The van der Waals surface area contributed by atoms with E-state index >= 15 is 0 Å². The number of halogens is 6.